The van der Waals surface area contributed by atoms with Gasteiger partial charge < -0.3 is 5.11 Å². The summed E-state index contributed by atoms with van der Waals surface area (Å²) in [5.41, 5.74) is 0.396. The van der Waals surface area contributed by atoms with E-state index in [2.05, 4.69) is 5.10 Å². The maximum atomic E-state index is 12.5. The molecule has 20 heavy (non-hydrogen) atoms. The fourth-order valence-electron chi connectivity index (χ4n) is 2.24. The highest BCUT2D eigenvalue weighted by Crippen LogP contribution is 2.11. The molecule has 0 saturated heterocycles. The third-order valence-electron chi connectivity index (χ3n) is 3.06. The van der Waals surface area contributed by atoms with Gasteiger partial charge in [-0.25, -0.2) is 9.36 Å². The summed E-state index contributed by atoms with van der Waals surface area (Å²) >= 11 is 5.86. The predicted octanol–water partition coefficient (Wildman–Crippen LogP) is 1.32. The van der Waals surface area contributed by atoms with Crippen molar-refractivity contribution in [1.82, 2.24) is 9.61 Å². The van der Waals surface area contributed by atoms with Crippen LogP contribution in [0.25, 0.3) is 5.65 Å². The Kier molecular flexibility index (Phi) is 4.28. The van der Waals surface area contributed by atoms with E-state index in [0.717, 1.165) is 6.42 Å². The SMILES string of the molecule is CCCc1c([O-])[n+](CC(C)C)c2ccc(Cl)nn2c1=O. The summed E-state index contributed by atoms with van der Waals surface area (Å²) in [4.78, 5) is 12.4. The Labute approximate surface area is 122 Å². The van der Waals surface area contributed by atoms with Crippen LogP contribution < -0.4 is 15.2 Å². The molecule has 0 bridgehead atoms. The molecule has 0 saturated carbocycles. The lowest BCUT2D eigenvalue weighted by molar-refractivity contribution is -0.721. The van der Waals surface area contributed by atoms with Crippen LogP contribution in [0.1, 0.15) is 32.8 Å². The van der Waals surface area contributed by atoms with Gasteiger partial charge in [-0.15, -0.1) is 0 Å². The highest BCUT2D eigenvalue weighted by atomic mass is 35.5. The normalized spacial score (nSPS) is 11.4. The van der Waals surface area contributed by atoms with Gasteiger partial charge in [0.2, 0.25) is 0 Å². The molecule has 0 N–H and O–H groups in total. The number of halogens is 1. The van der Waals surface area contributed by atoms with Crippen LogP contribution in [0.2, 0.25) is 5.15 Å². The second-order valence-corrected chi connectivity index (χ2v) is 5.66. The van der Waals surface area contributed by atoms with E-state index in [1.165, 1.54) is 4.52 Å². The van der Waals surface area contributed by atoms with Crippen LogP contribution in [0.3, 0.4) is 0 Å². The minimum absolute atomic E-state index is 0.213. The summed E-state index contributed by atoms with van der Waals surface area (Å²) in [7, 11) is 0. The van der Waals surface area contributed by atoms with Crippen molar-refractivity contribution in [3.63, 3.8) is 0 Å². The number of hydrogen-bond acceptors (Lipinski definition) is 3. The van der Waals surface area contributed by atoms with Crippen molar-refractivity contribution in [3.8, 4) is 5.88 Å². The number of fused-ring (bicyclic) bond motifs is 1. The van der Waals surface area contributed by atoms with Gasteiger partial charge in [0.25, 0.3) is 0 Å². The monoisotopic (exact) mass is 295 g/mol. The van der Waals surface area contributed by atoms with E-state index in [0.29, 0.717) is 24.5 Å². The molecule has 2 heterocycles. The van der Waals surface area contributed by atoms with E-state index in [9.17, 15) is 9.90 Å². The Morgan fingerprint density at radius 2 is 2.15 bits per heavy atom. The lowest BCUT2D eigenvalue weighted by Crippen LogP contribution is -2.46. The summed E-state index contributed by atoms with van der Waals surface area (Å²) in [6, 6.07) is 3.25. The average molecular weight is 296 g/mol. The van der Waals surface area contributed by atoms with Crippen LogP contribution in [0.5, 0.6) is 5.88 Å². The molecule has 0 aliphatic heterocycles. The minimum atomic E-state index is -0.366. The third-order valence-corrected chi connectivity index (χ3v) is 3.26. The Bertz CT molecular complexity index is 695. The van der Waals surface area contributed by atoms with Gasteiger partial charge in [-0.1, -0.05) is 48.4 Å². The first-order valence-electron chi connectivity index (χ1n) is 6.77. The minimum Gasteiger partial charge on any atom is -0.842 e. The molecule has 0 fully saturated rings. The van der Waals surface area contributed by atoms with Crippen molar-refractivity contribution in [1.29, 1.82) is 0 Å². The van der Waals surface area contributed by atoms with Crippen LogP contribution in [0.15, 0.2) is 16.9 Å². The molecule has 0 spiro atoms. The van der Waals surface area contributed by atoms with Gasteiger partial charge in [0.15, 0.2) is 5.15 Å². The first kappa shape index (κ1) is 14.8. The fraction of sp³-hybridized carbons (Fsp3) is 0.500. The van der Waals surface area contributed by atoms with E-state index in [-0.39, 0.29) is 22.2 Å². The Balaban J connectivity index is 2.84. The zero-order valence-corrected chi connectivity index (χ0v) is 12.6. The quantitative estimate of drug-likeness (QED) is 0.799. The van der Waals surface area contributed by atoms with Crippen molar-refractivity contribution >= 4 is 17.2 Å². The molecule has 0 aliphatic rings. The van der Waals surface area contributed by atoms with Gasteiger partial charge in [0.1, 0.15) is 0 Å². The summed E-state index contributed by atoms with van der Waals surface area (Å²) < 4.78 is 2.84. The summed E-state index contributed by atoms with van der Waals surface area (Å²) in [5, 5.41) is 16.8. The molecule has 0 aliphatic carbocycles. The highest BCUT2D eigenvalue weighted by Gasteiger charge is 2.20. The number of hydrogen-bond donors (Lipinski definition) is 0. The van der Waals surface area contributed by atoms with E-state index in [1.807, 2.05) is 20.8 Å². The number of aromatic nitrogens is 3. The Morgan fingerprint density at radius 1 is 1.45 bits per heavy atom. The molecule has 0 atom stereocenters. The molecule has 0 amide bonds. The van der Waals surface area contributed by atoms with Gasteiger partial charge >= 0.3 is 11.2 Å². The Hall–Kier alpha value is -1.62. The molecule has 6 heteroatoms. The van der Waals surface area contributed by atoms with Gasteiger partial charge in [0.05, 0.1) is 18.0 Å². The van der Waals surface area contributed by atoms with Crippen molar-refractivity contribution in [2.45, 2.75) is 40.2 Å². The molecule has 5 nitrogen and oxygen atoms in total. The third kappa shape index (κ3) is 2.63. The molecule has 2 aromatic heterocycles. The first-order chi connectivity index (χ1) is 9.45. The standard InChI is InChI=1S/C14H18ClN3O2/c1-4-5-10-13(19)17(8-9(2)3)12-7-6-11(15)16-18(12)14(10)20/h6-7,9H,4-5,8H2,1-3H3. The van der Waals surface area contributed by atoms with Crippen molar-refractivity contribution in [3.05, 3.63) is 33.2 Å². The fourth-order valence-corrected chi connectivity index (χ4v) is 2.38. The van der Waals surface area contributed by atoms with Crippen LogP contribution in [-0.4, -0.2) is 9.61 Å². The molecule has 108 valence electrons. The van der Waals surface area contributed by atoms with Gasteiger partial charge in [-0.05, 0) is 18.4 Å². The summed E-state index contributed by atoms with van der Waals surface area (Å²) in [5.74, 6) is 0.0776. The average Bonchev–Trinajstić information content (AvgIpc) is 2.39. The van der Waals surface area contributed by atoms with E-state index in [4.69, 9.17) is 11.6 Å². The molecular formula is C14H18ClN3O2. The zero-order chi connectivity index (χ0) is 14.9. The van der Waals surface area contributed by atoms with Crippen molar-refractivity contribution < 1.29 is 9.67 Å². The second kappa shape index (κ2) is 5.79. The van der Waals surface area contributed by atoms with Crippen molar-refractivity contribution in [2.24, 2.45) is 5.92 Å². The van der Waals surface area contributed by atoms with Crippen LogP contribution in [-0.2, 0) is 13.0 Å². The molecular weight excluding hydrogens is 278 g/mol. The van der Waals surface area contributed by atoms with Crippen LogP contribution >= 0.6 is 11.6 Å². The maximum Gasteiger partial charge on any atom is 0.365 e. The Morgan fingerprint density at radius 3 is 2.75 bits per heavy atom. The number of nitrogens with zero attached hydrogens (tertiary/aromatic N) is 3. The molecule has 0 radical (unpaired) electrons. The second-order valence-electron chi connectivity index (χ2n) is 5.27. The first-order valence-corrected chi connectivity index (χ1v) is 7.14. The molecule has 2 aromatic rings. The molecule has 0 aromatic carbocycles. The lowest BCUT2D eigenvalue weighted by Gasteiger charge is -2.17. The smallest absolute Gasteiger partial charge is 0.365 e. The van der Waals surface area contributed by atoms with E-state index >= 15 is 0 Å². The van der Waals surface area contributed by atoms with Crippen LogP contribution in [0, 0.1) is 5.92 Å². The summed E-state index contributed by atoms with van der Waals surface area (Å²) in [6.07, 6.45) is 1.19. The lowest BCUT2D eigenvalue weighted by atomic mass is 10.1. The number of rotatable bonds is 4. The van der Waals surface area contributed by atoms with Gasteiger partial charge in [-0.2, -0.15) is 0 Å². The van der Waals surface area contributed by atoms with E-state index in [1.54, 1.807) is 16.7 Å². The van der Waals surface area contributed by atoms with Crippen LogP contribution in [0.4, 0.5) is 0 Å². The zero-order valence-electron chi connectivity index (χ0n) is 11.9. The van der Waals surface area contributed by atoms with Crippen molar-refractivity contribution in [2.75, 3.05) is 0 Å². The highest BCUT2D eigenvalue weighted by molar-refractivity contribution is 6.29. The topological polar surface area (TPSA) is 61.3 Å². The summed E-state index contributed by atoms with van der Waals surface area (Å²) in [6.45, 7) is 6.53. The van der Waals surface area contributed by atoms with E-state index < -0.39 is 0 Å². The van der Waals surface area contributed by atoms with Gasteiger partial charge in [-0.3, -0.25) is 0 Å². The molecule has 2 rings (SSSR count). The maximum absolute atomic E-state index is 12.5. The predicted molar refractivity (Wildman–Crippen MR) is 74.9 cm³/mol. The van der Waals surface area contributed by atoms with Gasteiger partial charge in [0, 0.05) is 6.07 Å². The largest absolute Gasteiger partial charge is 0.842 e. The molecule has 0 unspecified atom stereocenters.